The molecule has 2 rings (SSSR count). The summed E-state index contributed by atoms with van der Waals surface area (Å²) >= 11 is 5.23. The summed E-state index contributed by atoms with van der Waals surface area (Å²) in [6.45, 7) is 0.835. The van der Waals surface area contributed by atoms with Crippen molar-refractivity contribution in [2.45, 2.75) is 18.1 Å². The summed E-state index contributed by atoms with van der Waals surface area (Å²) in [6.07, 6.45) is 2.48. The van der Waals surface area contributed by atoms with Crippen LogP contribution in [-0.4, -0.2) is 28.6 Å². The first kappa shape index (κ1) is 12.8. The van der Waals surface area contributed by atoms with Crippen LogP contribution in [0.5, 0.6) is 0 Å². The fraction of sp³-hybridized carbons (Fsp3) is 0.417. The van der Waals surface area contributed by atoms with Crippen LogP contribution >= 0.6 is 27.7 Å². The Morgan fingerprint density at radius 3 is 3.06 bits per heavy atom. The molecule has 0 bridgehead atoms. The van der Waals surface area contributed by atoms with Crippen molar-refractivity contribution in [1.29, 1.82) is 0 Å². The molecular formula is C12H14BrNO2S. The quantitative estimate of drug-likeness (QED) is 0.893. The summed E-state index contributed by atoms with van der Waals surface area (Å²) in [5, 5.41) is 13.0. The van der Waals surface area contributed by atoms with E-state index in [0.717, 1.165) is 6.54 Å². The monoisotopic (exact) mass is 315 g/mol. The number of anilines is 1. The van der Waals surface area contributed by atoms with Crippen molar-refractivity contribution in [3.8, 4) is 0 Å². The molecule has 0 saturated carbocycles. The molecule has 1 saturated heterocycles. The lowest BCUT2D eigenvalue weighted by Crippen LogP contribution is -2.16. The smallest absolute Gasteiger partial charge is 0.338 e. The topological polar surface area (TPSA) is 49.3 Å². The maximum atomic E-state index is 11.2. The molecule has 1 unspecified atom stereocenters. The predicted molar refractivity (Wildman–Crippen MR) is 75.1 cm³/mol. The van der Waals surface area contributed by atoms with Crippen molar-refractivity contribution in [3.63, 3.8) is 0 Å². The SMILES string of the molecule is O=C(O)c1c(Br)cccc1NCC1CCCS1. The lowest BCUT2D eigenvalue weighted by atomic mass is 10.1. The minimum Gasteiger partial charge on any atom is -0.478 e. The molecule has 1 aliphatic rings. The number of halogens is 1. The first-order chi connectivity index (χ1) is 8.18. The number of thioether (sulfide) groups is 1. The largest absolute Gasteiger partial charge is 0.478 e. The molecule has 1 aromatic carbocycles. The lowest BCUT2D eigenvalue weighted by Gasteiger charge is -2.14. The zero-order valence-electron chi connectivity index (χ0n) is 9.28. The summed E-state index contributed by atoms with van der Waals surface area (Å²) in [5.41, 5.74) is 1.01. The van der Waals surface area contributed by atoms with Gasteiger partial charge in [0.25, 0.3) is 0 Å². The van der Waals surface area contributed by atoms with Gasteiger partial charge in [0.15, 0.2) is 0 Å². The van der Waals surface area contributed by atoms with E-state index in [0.29, 0.717) is 21.0 Å². The maximum Gasteiger partial charge on any atom is 0.338 e. The third-order valence-corrected chi connectivity index (χ3v) is 4.83. The molecule has 1 aliphatic heterocycles. The molecule has 5 heteroatoms. The molecule has 0 spiro atoms. The van der Waals surface area contributed by atoms with Crippen molar-refractivity contribution in [3.05, 3.63) is 28.2 Å². The summed E-state index contributed by atoms with van der Waals surface area (Å²) in [5.74, 6) is 0.315. The summed E-state index contributed by atoms with van der Waals surface area (Å²) < 4.78 is 0.620. The minimum atomic E-state index is -0.904. The van der Waals surface area contributed by atoms with Crippen LogP contribution in [0.2, 0.25) is 0 Å². The highest BCUT2D eigenvalue weighted by atomic mass is 79.9. The number of nitrogens with one attached hydrogen (secondary N) is 1. The number of carboxylic acid groups (broad SMARTS) is 1. The average Bonchev–Trinajstić information content (AvgIpc) is 2.78. The second-order valence-electron chi connectivity index (χ2n) is 3.98. The molecule has 2 N–H and O–H groups in total. The zero-order valence-corrected chi connectivity index (χ0v) is 11.7. The van der Waals surface area contributed by atoms with Crippen LogP contribution in [0.4, 0.5) is 5.69 Å². The van der Waals surface area contributed by atoms with Crippen LogP contribution in [0.25, 0.3) is 0 Å². The average molecular weight is 316 g/mol. The van der Waals surface area contributed by atoms with Gasteiger partial charge < -0.3 is 10.4 Å². The van der Waals surface area contributed by atoms with Gasteiger partial charge in [0, 0.05) is 22.0 Å². The Morgan fingerprint density at radius 2 is 2.41 bits per heavy atom. The van der Waals surface area contributed by atoms with E-state index < -0.39 is 5.97 Å². The molecule has 0 aliphatic carbocycles. The first-order valence-corrected chi connectivity index (χ1v) is 7.40. The van der Waals surface area contributed by atoms with Crippen molar-refractivity contribution in [2.24, 2.45) is 0 Å². The standard InChI is InChI=1S/C12H14BrNO2S/c13-9-4-1-5-10(11(9)12(15)16)14-7-8-3-2-6-17-8/h1,4-5,8,14H,2-3,6-7H2,(H,15,16). The summed E-state index contributed by atoms with van der Waals surface area (Å²) in [6, 6.07) is 5.41. The van der Waals surface area contributed by atoms with E-state index in [9.17, 15) is 4.79 Å². The highest BCUT2D eigenvalue weighted by Crippen LogP contribution is 2.28. The van der Waals surface area contributed by atoms with Crippen LogP contribution in [-0.2, 0) is 0 Å². The number of carbonyl (C=O) groups is 1. The van der Waals surface area contributed by atoms with Gasteiger partial charge in [-0.3, -0.25) is 0 Å². The normalized spacial score (nSPS) is 19.2. The van der Waals surface area contributed by atoms with Gasteiger partial charge in [0.1, 0.15) is 0 Å². The van der Waals surface area contributed by atoms with E-state index in [1.54, 1.807) is 6.07 Å². The zero-order chi connectivity index (χ0) is 12.3. The van der Waals surface area contributed by atoms with Crippen LogP contribution in [0.15, 0.2) is 22.7 Å². The Morgan fingerprint density at radius 1 is 1.59 bits per heavy atom. The number of carboxylic acids is 1. The van der Waals surface area contributed by atoms with Crippen LogP contribution < -0.4 is 5.32 Å². The molecule has 92 valence electrons. The third kappa shape index (κ3) is 3.16. The minimum absolute atomic E-state index is 0.315. The highest BCUT2D eigenvalue weighted by Gasteiger charge is 2.18. The van der Waals surface area contributed by atoms with E-state index in [1.807, 2.05) is 23.9 Å². The first-order valence-electron chi connectivity index (χ1n) is 5.56. The van der Waals surface area contributed by atoms with Crippen LogP contribution in [0.1, 0.15) is 23.2 Å². The van der Waals surface area contributed by atoms with Crippen molar-refractivity contribution in [2.75, 3.05) is 17.6 Å². The van der Waals surface area contributed by atoms with E-state index in [1.165, 1.54) is 18.6 Å². The molecule has 0 aromatic heterocycles. The summed E-state index contributed by atoms with van der Waals surface area (Å²) in [4.78, 5) is 11.2. The van der Waals surface area contributed by atoms with Crippen LogP contribution in [0, 0.1) is 0 Å². The summed E-state index contributed by atoms with van der Waals surface area (Å²) in [7, 11) is 0. The third-order valence-electron chi connectivity index (χ3n) is 2.77. The van der Waals surface area contributed by atoms with Gasteiger partial charge in [-0.2, -0.15) is 11.8 Å². The van der Waals surface area contributed by atoms with Crippen molar-refractivity contribution < 1.29 is 9.90 Å². The lowest BCUT2D eigenvalue weighted by molar-refractivity contribution is 0.0697. The van der Waals surface area contributed by atoms with E-state index >= 15 is 0 Å². The van der Waals surface area contributed by atoms with Gasteiger partial charge in [-0.25, -0.2) is 4.79 Å². The van der Waals surface area contributed by atoms with Crippen molar-refractivity contribution >= 4 is 39.3 Å². The Hall–Kier alpha value is -0.680. The fourth-order valence-corrected chi connectivity index (χ4v) is 3.65. The highest BCUT2D eigenvalue weighted by molar-refractivity contribution is 9.10. The van der Waals surface area contributed by atoms with Gasteiger partial charge in [-0.1, -0.05) is 6.07 Å². The van der Waals surface area contributed by atoms with Gasteiger partial charge >= 0.3 is 5.97 Å². The van der Waals surface area contributed by atoms with Gasteiger partial charge in [0.05, 0.1) is 5.56 Å². The van der Waals surface area contributed by atoms with E-state index in [2.05, 4.69) is 21.2 Å². The van der Waals surface area contributed by atoms with Gasteiger partial charge in [0.2, 0.25) is 0 Å². The Kier molecular flexibility index (Phi) is 4.34. The fourth-order valence-electron chi connectivity index (χ4n) is 1.92. The predicted octanol–water partition coefficient (Wildman–Crippen LogP) is 3.45. The molecule has 1 atom stereocenters. The molecule has 3 nitrogen and oxygen atoms in total. The number of benzene rings is 1. The number of aromatic carboxylic acids is 1. The maximum absolute atomic E-state index is 11.2. The van der Waals surface area contributed by atoms with E-state index in [4.69, 9.17) is 5.11 Å². The second-order valence-corrected chi connectivity index (χ2v) is 6.25. The Labute approximate surface area is 113 Å². The second kappa shape index (κ2) is 5.78. The number of hydrogen-bond acceptors (Lipinski definition) is 3. The molecule has 17 heavy (non-hydrogen) atoms. The molecule has 0 radical (unpaired) electrons. The Bertz CT molecular complexity index is 419. The molecule has 1 aromatic rings. The number of rotatable bonds is 4. The van der Waals surface area contributed by atoms with Crippen molar-refractivity contribution in [1.82, 2.24) is 0 Å². The number of hydrogen-bond donors (Lipinski definition) is 2. The molecule has 0 amide bonds. The van der Waals surface area contributed by atoms with Gasteiger partial charge in [-0.15, -0.1) is 0 Å². The molecule has 1 fully saturated rings. The van der Waals surface area contributed by atoms with E-state index in [-0.39, 0.29) is 0 Å². The Balaban J connectivity index is 2.09. The molecule has 1 heterocycles. The van der Waals surface area contributed by atoms with Crippen LogP contribution in [0.3, 0.4) is 0 Å². The van der Waals surface area contributed by atoms with Gasteiger partial charge in [-0.05, 0) is 46.7 Å². The molecular weight excluding hydrogens is 302 g/mol.